The zero-order chi connectivity index (χ0) is 18.7. The highest BCUT2D eigenvalue weighted by Crippen LogP contribution is 2.37. The first-order chi connectivity index (χ1) is 12.5. The molecule has 1 amide bonds. The van der Waals surface area contributed by atoms with E-state index in [-0.39, 0.29) is 11.3 Å². The lowest BCUT2D eigenvalue weighted by molar-refractivity contribution is -0.128. The monoisotopic (exact) mass is 397 g/mol. The van der Waals surface area contributed by atoms with Gasteiger partial charge in [-0.05, 0) is 43.9 Å². The van der Waals surface area contributed by atoms with E-state index >= 15 is 0 Å². The van der Waals surface area contributed by atoms with Gasteiger partial charge in [0.1, 0.15) is 0 Å². The number of hydrogen-bond donors (Lipinski definition) is 1. The lowest BCUT2D eigenvalue weighted by Gasteiger charge is -2.36. The van der Waals surface area contributed by atoms with Gasteiger partial charge < -0.3 is 10.2 Å². The molecule has 1 aromatic rings. The van der Waals surface area contributed by atoms with Crippen molar-refractivity contribution >= 4 is 34.8 Å². The van der Waals surface area contributed by atoms with Crippen LogP contribution in [0, 0.1) is 5.41 Å². The Kier molecular flexibility index (Phi) is 6.37. The lowest BCUT2D eigenvalue weighted by Crippen LogP contribution is -2.47. The van der Waals surface area contributed by atoms with Crippen LogP contribution in [0.2, 0.25) is 10.0 Å². The van der Waals surface area contributed by atoms with Crippen LogP contribution < -0.4 is 10.2 Å². The predicted molar refractivity (Wildman–Crippen MR) is 109 cm³/mol. The molecule has 1 aromatic carbocycles. The molecule has 2 heterocycles. The molecule has 1 atom stereocenters. The molecule has 6 heteroatoms. The predicted octanol–water partition coefficient (Wildman–Crippen LogP) is 4.20. The highest BCUT2D eigenvalue weighted by molar-refractivity contribution is 6.42. The minimum absolute atomic E-state index is 0.128. The molecule has 2 fully saturated rings. The van der Waals surface area contributed by atoms with E-state index in [1.54, 1.807) is 0 Å². The number of nitrogens with zero attached hydrogens (tertiary/aromatic N) is 2. The summed E-state index contributed by atoms with van der Waals surface area (Å²) in [5.74, 6) is 0.261. The van der Waals surface area contributed by atoms with E-state index in [4.69, 9.17) is 23.2 Å². The second kappa shape index (κ2) is 8.37. The fourth-order valence-electron chi connectivity index (χ4n) is 4.24. The third kappa shape index (κ3) is 4.13. The molecular formula is C20H29Cl2N3O. The van der Waals surface area contributed by atoms with Crippen LogP contribution in [-0.2, 0) is 4.79 Å². The van der Waals surface area contributed by atoms with Gasteiger partial charge in [0.25, 0.3) is 0 Å². The maximum absolute atomic E-state index is 12.3. The summed E-state index contributed by atoms with van der Waals surface area (Å²) in [6.07, 6.45) is 3.91. The van der Waals surface area contributed by atoms with E-state index < -0.39 is 0 Å². The summed E-state index contributed by atoms with van der Waals surface area (Å²) in [5, 5.41) is 4.44. The van der Waals surface area contributed by atoms with Gasteiger partial charge in [-0.2, -0.15) is 0 Å². The highest BCUT2D eigenvalue weighted by atomic mass is 35.5. The van der Waals surface area contributed by atoms with Crippen molar-refractivity contribution in [2.24, 2.45) is 5.41 Å². The molecule has 2 aliphatic rings. The minimum atomic E-state index is -0.128. The number of carbonyl (C=O) groups excluding carboxylic acids is 1. The molecule has 0 spiro atoms. The van der Waals surface area contributed by atoms with Gasteiger partial charge in [-0.1, -0.05) is 37.0 Å². The molecule has 2 aliphatic heterocycles. The molecule has 2 saturated heterocycles. The molecule has 144 valence electrons. The Morgan fingerprint density at radius 3 is 2.38 bits per heavy atom. The Bertz CT molecular complexity index is 640. The van der Waals surface area contributed by atoms with E-state index in [0.29, 0.717) is 16.1 Å². The fraction of sp³-hybridized carbons (Fsp3) is 0.650. The van der Waals surface area contributed by atoms with E-state index in [9.17, 15) is 4.79 Å². The average Bonchev–Trinajstić information content (AvgIpc) is 2.99. The van der Waals surface area contributed by atoms with Crippen LogP contribution in [0.15, 0.2) is 18.2 Å². The third-order valence-electron chi connectivity index (χ3n) is 6.24. The molecule has 1 N–H and O–H groups in total. The smallest absolute Gasteiger partial charge is 0.226 e. The lowest BCUT2D eigenvalue weighted by atomic mass is 9.79. The highest BCUT2D eigenvalue weighted by Gasteiger charge is 2.43. The van der Waals surface area contributed by atoms with Gasteiger partial charge in [-0.25, -0.2) is 0 Å². The molecular weight excluding hydrogens is 369 g/mol. The zero-order valence-electron chi connectivity index (χ0n) is 15.7. The Labute approximate surface area is 166 Å². The second-order valence-electron chi connectivity index (χ2n) is 7.58. The van der Waals surface area contributed by atoms with Crippen molar-refractivity contribution in [3.05, 3.63) is 28.2 Å². The Morgan fingerprint density at radius 1 is 1.12 bits per heavy atom. The van der Waals surface area contributed by atoms with Gasteiger partial charge in [0, 0.05) is 44.5 Å². The van der Waals surface area contributed by atoms with E-state index in [1.165, 1.54) is 0 Å². The molecule has 0 aliphatic carbocycles. The normalized spacial score (nSPS) is 23.3. The Hall–Kier alpha value is -0.970. The number of anilines is 1. The minimum Gasteiger partial charge on any atom is -0.369 e. The fourth-order valence-corrected chi connectivity index (χ4v) is 4.53. The topological polar surface area (TPSA) is 35.6 Å². The maximum Gasteiger partial charge on any atom is 0.226 e. The summed E-state index contributed by atoms with van der Waals surface area (Å²) in [4.78, 5) is 17.2. The number of nitrogens with one attached hydrogen (secondary N) is 1. The first-order valence-corrected chi connectivity index (χ1v) is 10.5. The van der Waals surface area contributed by atoms with Crippen LogP contribution in [0.25, 0.3) is 0 Å². The number of amides is 1. The van der Waals surface area contributed by atoms with Crippen molar-refractivity contribution in [1.82, 2.24) is 10.2 Å². The first-order valence-electron chi connectivity index (χ1n) is 9.70. The van der Waals surface area contributed by atoms with Crippen LogP contribution >= 0.6 is 23.2 Å². The van der Waals surface area contributed by atoms with Crippen LogP contribution in [0.4, 0.5) is 5.69 Å². The largest absolute Gasteiger partial charge is 0.369 e. The quantitative estimate of drug-likeness (QED) is 0.780. The van der Waals surface area contributed by atoms with Gasteiger partial charge in [-0.3, -0.25) is 9.69 Å². The summed E-state index contributed by atoms with van der Waals surface area (Å²) >= 11 is 12.1. The van der Waals surface area contributed by atoms with Crippen LogP contribution in [0.3, 0.4) is 0 Å². The third-order valence-corrected chi connectivity index (χ3v) is 6.98. The van der Waals surface area contributed by atoms with Crippen LogP contribution in [0.5, 0.6) is 0 Å². The van der Waals surface area contributed by atoms with Crippen LogP contribution in [0.1, 0.15) is 39.5 Å². The van der Waals surface area contributed by atoms with E-state index in [1.807, 2.05) is 18.2 Å². The van der Waals surface area contributed by atoms with E-state index in [2.05, 4.69) is 29.0 Å². The molecule has 0 saturated carbocycles. The van der Waals surface area contributed by atoms with Crippen LogP contribution in [-0.4, -0.2) is 49.6 Å². The summed E-state index contributed by atoms with van der Waals surface area (Å²) in [7, 11) is 0. The van der Waals surface area contributed by atoms with Crippen molar-refractivity contribution < 1.29 is 4.79 Å². The summed E-state index contributed by atoms with van der Waals surface area (Å²) in [6.45, 7) is 9.36. The van der Waals surface area contributed by atoms with Crippen molar-refractivity contribution in [3.8, 4) is 0 Å². The van der Waals surface area contributed by atoms with Crippen molar-refractivity contribution in [1.29, 1.82) is 0 Å². The van der Waals surface area contributed by atoms with Crippen molar-refractivity contribution in [2.45, 2.75) is 45.6 Å². The number of halogens is 2. The number of rotatable bonds is 6. The summed E-state index contributed by atoms with van der Waals surface area (Å²) in [5.41, 5.74) is 1.01. The number of carbonyl (C=O) groups is 1. The number of benzene rings is 1. The van der Waals surface area contributed by atoms with Crippen molar-refractivity contribution in [3.63, 3.8) is 0 Å². The zero-order valence-corrected chi connectivity index (χ0v) is 17.2. The summed E-state index contributed by atoms with van der Waals surface area (Å²) in [6, 6.07) is 6.17. The molecule has 1 unspecified atom stereocenters. The maximum atomic E-state index is 12.3. The van der Waals surface area contributed by atoms with Gasteiger partial charge in [0.05, 0.1) is 15.5 Å². The standard InChI is InChI=1S/C20H29Cl2N3O/c1-3-20(4-2)14-15(23-19(20)26)7-8-24-9-11-25(12-10-24)16-5-6-17(21)18(22)13-16/h5-6,13,15H,3-4,7-12,14H2,1-2H3,(H,23,26). The Balaban J connectivity index is 1.46. The van der Waals surface area contributed by atoms with Gasteiger partial charge in [0.2, 0.25) is 5.91 Å². The van der Waals surface area contributed by atoms with E-state index in [0.717, 1.165) is 64.1 Å². The molecule has 0 radical (unpaired) electrons. The molecule has 0 aromatic heterocycles. The average molecular weight is 398 g/mol. The molecule has 26 heavy (non-hydrogen) atoms. The SMILES string of the molecule is CCC1(CC)CC(CCN2CCN(c3ccc(Cl)c(Cl)c3)CC2)NC1=O. The molecule has 0 bridgehead atoms. The second-order valence-corrected chi connectivity index (χ2v) is 8.39. The summed E-state index contributed by atoms with van der Waals surface area (Å²) < 4.78 is 0. The van der Waals surface area contributed by atoms with Gasteiger partial charge in [0.15, 0.2) is 0 Å². The van der Waals surface area contributed by atoms with Crippen molar-refractivity contribution in [2.75, 3.05) is 37.6 Å². The number of hydrogen-bond acceptors (Lipinski definition) is 3. The molecule has 3 rings (SSSR count). The van der Waals surface area contributed by atoms with Gasteiger partial charge >= 0.3 is 0 Å². The van der Waals surface area contributed by atoms with Gasteiger partial charge in [-0.15, -0.1) is 0 Å². The number of piperazine rings is 1. The molecule has 4 nitrogen and oxygen atoms in total. The Morgan fingerprint density at radius 2 is 1.81 bits per heavy atom. The first kappa shape index (κ1) is 19.8.